The number of carboxylic acid groups (broad SMARTS) is 1. The number of rotatable bonds is 10. The fourth-order valence-corrected chi connectivity index (χ4v) is 8.59. The van der Waals surface area contributed by atoms with Crippen molar-refractivity contribution in [2.24, 2.45) is 0 Å². The zero-order valence-electron chi connectivity index (χ0n) is 27.0. The standard InChI is InChI=1S/C32H36N6O8S2/c1-31(2,3)46-29(42)23(35-28(41)26-32(4,5)47-19-37(26)48(44,45)22-8-6-14-33-17-22)16-20-10-12-21(13-11-20)38-27-24(9-7-15-34-27)36(30(38)43)18-25(39)40/h6-15,17,23,26H,16,18-19H2,1-5H3,(H,35,41)(H,39,40)/t23-,26?/m0/s1. The number of hydrogen-bond donors (Lipinski definition) is 2. The zero-order chi connectivity index (χ0) is 35.0. The lowest BCUT2D eigenvalue weighted by molar-refractivity contribution is -0.158. The second-order valence-electron chi connectivity index (χ2n) is 12.8. The third-order valence-electron chi connectivity index (χ3n) is 7.63. The Morgan fingerprint density at radius 1 is 1.10 bits per heavy atom. The predicted molar refractivity (Wildman–Crippen MR) is 178 cm³/mol. The van der Waals surface area contributed by atoms with Gasteiger partial charge in [0.2, 0.25) is 15.9 Å². The van der Waals surface area contributed by atoms with Gasteiger partial charge in [-0.1, -0.05) is 12.1 Å². The molecule has 4 aromatic rings. The number of amides is 1. The van der Waals surface area contributed by atoms with Crippen molar-refractivity contribution in [2.75, 3.05) is 5.88 Å². The van der Waals surface area contributed by atoms with E-state index in [1.807, 2.05) is 0 Å². The van der Waals surface area contributed by atoms with E-state index in [1.165, 1.54) is 47.1 Å². The number of benzene rings is 1. The molecular formula is C32H36N6O8S2. The molecule has 0 bridgehead atoms. The van der Waals surface area contributed by atoms with E-state index in [0.29, 0.717) is 16.8 Å². The Kier molecular flexibility index (Phi) is 9.54. The van der Waals surface area contributed by atoms with Crippen molar-refractivity contribution >= 4 is 50.8 Å². The summed E-state index contributed by atoms with van der Waals surface area (Å²) < 4.78 is 35.5. The maximum atomic E-state index is 14.0. The molecule has 1 fully saturated rings. The van der Waals surface area contributed by atoms with Gasteiger partial charge in [0.15, 0.2) is 5.65 Å². The molecule has 1 unspecified atom stereocenters. The number of imidazole rings is 1. The number of carbonyl (C=O) groups is 3. The molecule has 0 saturated carbocycles. The second kappa shape index (κ2) is 13.2. The van der Waals surface area contributed by atoms with Crippen LogP contribution in [-0.2, 0) is 42.1 Å². The summed E-state index contributed by atoms with van der Waals surface area (Å²) in [6.45, 7) is 8.09. The summed E-state index contributed by atoms with van der Waals surface area (Å²) in [7, 11) is -4.10. The van der Waals surface area contributed by atoms with Crippen molar-refractivity contribution in [1.82, 2.24) is 28.7 Å². The topological polar surface area (TPSA) is 183 Å². The van der Waals surface area contributed by atoms with E-state index in [4.69, 9.17) is 4.74 Å². The fourth-order valence-electron chi connectivity index (χ4n) is 5.46. The number of pyridine rings is 2. The lowest BCUT2D eigenvalue weighted by Crippen LogP contribution is -2.57. The number of esters is 1. The highest BCUT2D eigenvalue weighted by Gasteiger charge is 2.51. The fraction of sp³-hybridized carbons (Fsp3) is 0.375. The van der Waals surface area contributed by atoms with Gasteiger partial charge in [-0.05, 0) is 76.6 Å². The second-order valence-corrected chi connectivity index (χ2v) is 16.3. The molecular weight excluding hydrogens is 661 g/mol. The largest absolute Gasteiger partial charge is 0.480 e. The van der Waals surface area contributed by atoms with Gasteiger partial charge in [0.25, 0.3) is 0 Å². The number of hydrogen-bond acceptors (Lipinski definition) is 10. The van der Waals surface area contributed by atoms with Crippen LogP contribution in [0.5, 0.6) is 0 Å². The first-order valence-electron chi connectivity index (χ1n) is 15.0. The Morgan fingerprint density at radius 3 is 2.42 bits per heavy atom. The molecule has 254 valence electrons. The van der Waals surface area contributed by atoms with E-state index >= 15 is 0 Å². The number of nitrogens with one attached hydrogen (secondary N) is 1. The number of aliphatic carboxylic acids is 1. The molecule has 1 amide bonds. The minimum atomic E-state index is -4.10. The molecule has 0 radical (unpaired) electrons. The normalized spacial score (nSPS) is 17.2. The van der Waals surface area contributed by atoms with Crippen molar-refractivity contribution in [2.45, 2.75) is 74.9 Å². The summed E-state index contributed by atoms with van der Waals surface area (Å²) in [4.78, 5) is 60.3. The molecule has 16 heteroatoms. The van der Waals surface area contributed by atoms with E-state index in [2.05, 4.69) is 15.3 Å². The highest BCUT2D eigenvalue weighted by molar-refractivity contribution is 8.02. The molecule has 2 N–H and O–H groups in total. The van der Waals surface area contributed by atoms with Crippen molar-refractivity contribution in [1.29, 1.82) is 0 Å². The van der Waals surface area contributed by atoms with Crippen LogP contribution < -0.4 is 11.0 Å². The van der Waals surface area contributed by atoms with E-state index < -0.39 is 62.5 Å². The van der Waals surface area contributed by atoms with Gasteiger partial charge in [0.1, 0.15) is 29.1 Å². The van der Waals surface area contributed by atoms with Gasteiger partial charge in [0.05, 0.1) is 17.1 Å². The lowest BCUT2D eigenvalue weighted by atomic mass is 10.0. The molecule has 3 aromatic heterocycles. The van der Waals surface area contributed by atoms with Crippen molar-refractivity contribution in [3.63, 3.8) is 0 Å². The molecule has 1 aromatic carbocycles. The summed E-state index contributed by atoms with van der Waals surface area (Å²) >= 11 is 1.30. The molecule has 1 aliphatic rings. The van der Waals surface area contributed by atoms with Gasteiger partial charge >= 0.3 is 17.6 Å². The Morgan fingerprint density at radius 2 is 1.79 bits per heavy atom. The molecule has 2 atom stereocenters. The first kappa shape index (κ1) is 34.8. The number of aromatic nitrogens is 4. The van der Waals surface area contributed by atoms with Crippen LogP contribution in [0, 0.1) is 0 Å². The average molecular weight is 697 g/mol. The average Bonchev–Trinajstić information content (AvgIpc) is 3.49. The molecule has 1 saturated heterocycles. The third kappa shape index (κ3) is 7.15. The monoisotopic (exact) mass is 696 g/mol. The summed E-state index contributed by atoms with van der Waals surface area (Å²) in [6, 6.07) is 10.4. The van der Waals surface area contributed by atoms with Gasteiger partial charge in [-0.3, -0.25) is 19.1 Å². The highest BCUT2D eigenvalue weighted by Crippen LogP contribution is 2.42. The number of nitrogens with zero attached hydrogens (tertiary/aromatic N) is 5. The van der Waals surface area contributed by atoms with Gasteiger partial charge in [-0.15, -0.1) is 11.8 Å². The highest BCUT2D eigenvalue weighted by atomic mass is 32.2. The molecule has 48 heavy (non-hydrogen) atoms. The molecule has 5 rings (SSSR count). The maximum Gasteiger partial charge on any atom is 0.335 e. The van der Waals surface area contributed by atoms with E-state index in [-0.39, 0.29) is 22.8 Å². The van der Waals surface area contributed by atoms with Crippen LogP contribution in [-0.4, -0.2) is 83.1 Å². The summed E-state index contributed by atoms with van der Waals surface area (Å²) in [5, 5.41) is 12.1. The van der Waals surface area contributed by atoms with E-state index in [1.54, 1.807) is 71.0 Å². The van der Waals surface area contributed by atoms with Gasteiger partial charge in [-0.25, -0.2) is 27.6 Å². The Labute approximate surface area is 281 Å². The number of carboxylic acids is 1. The quantitative estimate of drug-likeness (QED) is 0.233. The first-order chi connectivity index (χ1) is 22.5. The number of sulfonamides is 1. The minimum absolute atomic E-state index is 0.00942. The maximum absolute atomic E-state index is 14.0. The first-order valence-corrected chi connectivity index (χ1v) is 17.4. The van der Waals surface area contributed by atoms with E-state index in [9.17, 15) is 32.7 Å². The SMILES string of the molecule is CC(C)(C)OC(=O)[C@H](Cc1ccc(-n2c(=O)n(CC(=O)O)c3cccnc32)cc1)NC(=O)C1N(S(=O)(=O)c2cccnc2)CSC1(C)C. The zero-order valence-corrected chi connectivity index (χ0v) is 28.6. The minimum Gasteiger partial charge on any atom is -0.480 e. The van der Waals surface area contributed by atoms with Gasteiger partial charge in [0, 0.05) is 29.8 Å². The predicted octanol–water partition coefficient (Wildman–Crippen LogP) is 2.58. The summed E-state index contributed by atoms with van der Waals surface area (Å²) in [5.74, 6) is -2.52. The van der Waals surface area contributed by atoms with Crippen LogP contribution >= 0.6 is 11.8 Å². The number of carbonyl (C=O) groups excluding carboxylic acids is 2. The number of ether oxygens (including phenoxy) is 1. The molecule has 0 spiro atoms. The lowest BCUT2D eigenvalue weighted by Gasteiger charge is -2.32. The van der Waals surface area contributed by atoms with Crippen molar-refractivity contribution in [3.05, 3.63) is 83.2 Å². The van der Waals surface area contributed by atoms with Crippen LogP contribution in [0.1, 0.15) is 40.2 Å². The Hall–Kier alpha value is -4.54. The van der Waals surface area contributed by atoms with Gasteiger partial charge < -0.3 is 15.2 Å². The molecule has 14 nitrogen and oxygen atoms in total. The number of thioether (sulfide) groups is 1. The van der Waals surface area contributed by atoms with Crippen LogP contribution in [0.15, 0.2) is 76.8 Å². The Bertz CT molecular complexity index is 2020. The Balaban J connectivity index is 1.44. The van der Waals surface area contributed by atoms with E-state index in [0.717, 1.165) is 8.87 Å². The van der Waals surface area contributed by atoms with Crippen molar-refractivity contribution in [3.8, 4) is 5.69 Å². The smallest absolute Gasteiger partial charge is 0.335 e. The summed E-state index contributed by atoms with van der Waals surface area (Å²) in [5.41, 5.74) is 0.189. The van der Waals surface area contributed by atoms with Crippen LogP contribution in [0.4, 0.5) is 0 Å². The number of fused-ring (bicyclic) bond motifs is 1. The molecule has 0 aliphatic carbocycles. The van der Waals surface area contributed by atoms with Gasteiger partial charge in [-0.2, -0.15) is 4.31 Å². The van der Waals surface area contributed by atoms with Crippen LogP contribution in [0.2, 0.25) is 0 Å². The molecule has 1 aliphatic heterocycles. The van der Waals surface area contributed by atoms with Crippen molar-refractivity contribution < 1.29 is 32.6 Å². The van der Waals surface area contributed by atoms with Crippen LogP contribution in [0.3, 0.4) is 0 Å². The van der Waals surface area contributed by atoms with Crippen LogP contribution in [0.25, 0.3) is 16.9 Å². The summed E-state index contributed by atoms with van der Waals surface area (Å²) in [6.07, 6.45) is 4.17. The third-order valence-corrected chi connectivity index (χ3v) is 11.0. The molecule has 4 heterocycles.